The molecular formula is C20H19ClN4O3S. The summed E-state index contributed by atoms with van der Waals surface area (Å²) in [5.41, 5.74) is 2.14. The van der Waals surface area contributed by atoms with Crippen LogP contribution in [0.1, 0.15) is 18.4 Å². The van der Waals surface area contributed by atoms with Crippen LogP contribution in [-0.4, -0.2) is 29.0 Å². The SMILES string of the molecule is O=C(C=Cc1ccc(Cl)c([N+](=O)[O-])c1)NC(=S)Nc1ccccc1N1CCCC1. The number of anilines is 2. The van der Waals surface area contributed by atoms with E-state index in [9.17, 15) is 14.9 Å². The molecule has 1 fully saturated rings. The molecule has 0 bridgehead atoms. The molecule has 1 amide bonds. The number of halogens is 1. The Morgan fingerprint density at radius 1 is 1.21 bits per heavy atom. The molecular weight excluding hydrogens is 412 g/mol. The van der Waals surface area contributed by atoms with E-state index in [4.69, 9.17) is 23.8 Å². The van der Waals surface area contributed by atoms with Crippen LogP contribution in [-0.2, 0) is 4.79 Å². The zero-order valence-electron chi connectivity index (χ0n) is 15.4. The first-order chi connectivity index (χ1) is 13.9. The van der Waals surface area contributed by atoms with Gasteiger partial charge in [-0.1, -0.05) is 29.8 Å². The average molecular weight is 431 g/mol. The van der Waals surface area contributed by atoms with Gasteiger partial charge in [0.2, 0.25) is 5.91 Å². The van der Waals surface area contributed by atoms with Crippen LogP contribution in [0.15, 0.2) is 48.5 Å². The number of para-hydroxylation sites is 2. The fourth-order valence-corrected chi connectivity index (χ4v) is 3.46. The Kier molecular flexibility index (Phi) is 6.79. The Bertz CT molecular complexity index is 974. The van der Waals surface area contributed by atoms with Crippen LogP contribution in [0.2, 0.25) is 5.02 Å². The molecule has 0 aliphatic carbocycles. The molecule has 3 rings (SSSR count). The molecule has 2 aromatic rings. The van der Waals surface area contributed by atoms with Crippen LogP contribution in [0.25, 0.3) is 6.08 Å². The van der Waals surface area contributed by atoms with Crippen molar-refractivity contribution in [3.63, 3.8) is 0 Å². The van der Waals surface area contributed by atoms with Gasteiger partial charge in [0.15, 0.2) is 5.11 Å². The molecule has 0 spiro atoms. The minimum atomic E-state index is -0.573. The van der Waals surface area contributed by atoms with Crippen molar-refractivity contribution in [2.45, 2.75) is 12.8 Å². The number of benzene rings is 2. The van der Waals surface area contributed by atoms with Gasteiger partial charge < -0.3 is 10.2 Å². The fraction of sp³-hybridized carbons (Fsp3) is 0.200. The molecule has 1 aliphatic heterocycles. The van der Waals surface area contributed by atoms with E-state index in [1.54, 1.807) is 6.07 Å². The molecule has 1 aliphatic rings. The van der Waals surface area contributed by atoms with Crippen molar-refractivity contribution >= 4 is 58.0 Å². The van der Waals surface area contributed by atoms with Gasteiger partial charge in [0.05, 0.1) is 16.3 Å². The van der Waals surface area contributed by atoms with E-state index >= 15 is 0 Å². The summed E-state index contributed by atoms with van der Waals surface area (Å²) >= 11 is 11.0. The van der Waals surface area contributed by atoms with Crippen LogP contribution in [0.3, 0.4) is 0 Å². The highest BCUT2D eigenvalue weighted by molar-refractivity contribution is 7.80. The van der Waals surface area contributed by atoms with E-state index in [0.29, 0.717) is 5.56 Å². The maximum atomic E-state index is 12.1. The molecule has 0 saturated carbocycles. The lowest BCUT2D eigenvalue weighted by atomic mass is 10.2. The van der Waals surface area contributed by atoms with Crippen molar-refractivity contribution in [3.8, 4) is 0 Å². The van der Waals surface area contributed by atoms with Crippen LogP contribution in [0.5, 0.6) is 0 Å². The summed E-state index contributed by atoms with van der Waals surface area (Å²) in [6.07, 6.45) is 5.03. The smallest absolute Gasteiger partial charge is 0.288 e. The van der Waals surface area contributed by atoms with Crippen LogP contribution in [0.4, 0.5) is 17.1 Å². The van der Waals surface area contributed by atoms with Gasteiger partial charge in [-0.05, 0) is 54.9 Å². The number of hydrogen-bond acceptors (Lipinski definition) is 5. The van der Waals surface area contributed by atoms with Crippen molar-refractivity contribution in [2.24, 2.45) is 0 Å². The number of rotatable bonds is 5. The monoisotopic (exact) mass is 430 g/mol. The summed E-state index contributed by atoms with van der Waals surface area (Å²) in [5.74, 6) is -0.446. The number of nitro benzene ring substituents is 1. The van der Waals surface area contributed by atoms with Gasteiger partial charge >= 0.3 is 0 Å². The first-order valence-electron chi connectivity index (χ1n) is 9.02. The predicted molar refractivity (Wildman–Crippen MR) is 119 cm³/mol. The van der Waals surface area contributed by atoms with E-state index < -0.39 is 10.8 Å². The molecule has 0 radical (unpaired) electrons. The number of carbonyl (C=O) groups excluding carboxylic acids is 1. The summed E-state index contributed by atoms with van der Waals surface area (Å²) in [4.78, 5) is 24.8. The standard InChI is InChI=1S/C20H19ClN4O3S/c21-15-9-7-14(13-18(15)25(27)28)8-10-19(26)23-20(29)22-16-5-1-2-6-17(16)24-11-3-4-12-24/h1-2,5-10,13H,3-4,11-12H2,(H2,22,23,26,29). The van der Waals surface area contributed by atoms with Crippen molar-refractivity contribution in [2.75, 3.05) is 23.3 Å². The Balaban J connectivity index is 1.62. The topological polar surface area (TPSA) is 87.5 Å². The van der Waals surface area contributed by atoms with Crippen molar-refractivity contribution in [1.29, 1.82) is 0 Å². The van der Waals surface area contributed by atoms with Gasteiger partial charge in [0.25, 0.3) is 5.69 Å². The third-order valence-corrected chi connectivity index (χ3v) is 4.95. The number of carbonyl (C=O) groups is 1. The van der Waals surface area contributed by atoms with Crippen LogP contribution < -0.4 is 15.5 Å². The lowest BCUT2D eigenvalue weighted by molar-refractivity contribution is -0.384. The summed E-state index contributed by atoms with van der Waals surface area (Å²) in [7, 11) is 0. The summed E-state index contributed by atoms with van der Waals surface area (Å²) in [5, 5.41) is 16.8. The van der Waals surface area contributed by atoms with Gasteiger partial charge in [-0.25, -0.2) is 0 Å². The van der Waals surface area contributed by atoms with E-state index in [1.807, 2.05) is 24.3 Å². The molecule has 2 aromatic carbocycles. The maximum absolute atomic E-state index is 12.1. The summed E-state index contributed by atoms with van der Waals surface area (Å²) in [6.45, 7) is 1.99. The lowest BCUT2D eigenvalue weighted by Gasteiger charge is -2.22. The van der Waals surface area contributed by atoms with Crippen molar-refractivity contribution in [1.82, 2.24) is 5.32 Å². The Morgan fingerprint density at radius 2 is 1.93 bits per heavy atom. The minimum Gasteiger partial charge on any atom is -0.370 e. The van der Waals surface area contributed by atoms with Gasteiger partial charge in [-0.15, -0.1) is 0 Å². The number of nitro groups is 1. The number of thiocarbonyl (C=S) groups is 1. The average Bonchev–Trinajstić information content (AvgIpc) is 3.22. The summed E-state index contributed by atoms with van der Waals surface area (Å²) < 4.78 is 0. The second-order valence-electron chi connectivity index (χ2n) is 6.46. The van der Waals surface area contributed by atoms with Crippen molar-refractivity contribution < 1.29 is 9.72 Å². The fourth-order valence-electron chi connectivity index (χ4n) is 3.07. The highest BCUT2D eigenvalue weighted by Crippen LogP contribution is 2.28. The van der Waals surface area contributed by atoms with Gasteiger partial charge in [-0.2, -0.15) is 0 Å². The van der Waals surface area contributed by atoms with Gasteiger partial charge in [0, 0.05) is 25.2 Å². The molecule has 1 heterocycles. The minimum absolute atomic E-state index is 0.0404. The second kappa shape index (κ2) is 9.49. The third-order valence-electron chi connectivity index (χ3n) is 4.43. The van der Waals surface area contributed by atoms with Gasteiger partial charge in [0.1, 0.15) is 5.02 Å². The van der Waals surface area contributed by atoms with E-state index in [2.05, 4.69) is 15.5 Å². The number of nitrogens with zero attached hydrogens (tertiary/aromatic N) is 2. The number of hydrogen-bond donors (Lipinski definition) is 2. The maximum Gasteiger partial charge on any atom is 0.288 e. The largest absolute Gasteiger partial charge is 0.370 e. The normalized spacial score (nSPS) is 13.5. The molecule has 0 aromatic heterocycles. The molecule has 7 nitrogen and oxygen atoms in total. The molecule has 0 unspecified atom stereocenters. The molecule has 150 valence electrons. The number of amides is 1. The quantitative estimate of drug-likeness (QED) is 0.317. The highest BCUT2D eigenvalue weighted by atomic mass is 35.5. The predicted octanol–water partition coefficient (Wildman–Crippen LogP) is 4.37. The van der Waals surface area contributed by atoms with E-state index in [1.165, 1.54) is 24.3 Å². The third kappa shape index (κ3) is 5.52. The first-order valence-corrected chi connectivity index (χ1v) is 9.80. The Hall–Kier alpha value is -2.97. The highest BCUT2D eigenvalue weighted by Gasteiger charge is 2.16. The number of nitrogens with one attached hydrogen (secondary N) is 2. The summed E-state index contributed by atoms with van der Waals surface area (Å²) in [6, 6.07) is 12.1. The molecule has 1 saturated heterocycles. The van der Waals surface area contributed by atoms with E-state index in [-0.39, 0.29) is 15.8 Å². The molecule has 0 atom stereocenters. The van der Waals surface area contributed by atoms with E-state index in [0.717, 1.165) is 37.3 Å². The molecule has 29 heavy (non-hydrogen) atoms. The molecule has 2 N–H and O–H groups in total. The zero-order valence-corrected chi connectivity index (χ0v) is 17.0. The Labute approximate surface area is 178 Å². The second-order valence-corrected chi connectivity index (χ2v) is 7.27. The van der Waals surface area contributed by atoms with Crippen LogP contribution >= 0.6 is 23.8 Å². The van der Waals surface area contributed by atoms with Crippen molar-refractivity contribution in [3.05, 3.63) is 69.2 Å². The van der Waals surface area contributed by atoms with Crippen LogP contribution in [0, 0.1) is 10.1 Å². The zero-order chi connectivity index (χ0) is 20.8. The Morgan fingerprint density at radius 3 is 2.66 bits per heavy atom. The van der Waals surface area contributed by atoms with Gasteiger partial charge in [-0.3, -0.25) is 20.2 Å². The molecule has 9 heteroatoms. The first kappa shape index (κ1) is 20.8. The lowest BCUT2D eigenvalue weighted by Crippen LogP contribution is -2.33.